The van der Waals surface area contributed by atoms with E-state index in [9.17, 15) is 9.59 Å². The number of hydrogen-bond acceptors (Lipinski definition) is 2. The quantitative estimate of drug-likeness (QED) is 0.892. The zero-order valence-corrected chi connectivity index (χ0v) is 11.2. The van der Waals surface area contributed by atoms with Gasteiger partial charge in [-0.2, -0.15) is 0 Å². The first-order valence-electron chi connectivity index (χ1n) is 6.00. The summed E-state index contributed by atoms with van der Waals surface area (Å²) in [7, 11) is 0. The first kappa shape index (κ1) is 14.2. The highest BCUT2D eigenvalue weighted by atomic mass is 16.4. The molecule has 0 saturated carbocycles. The van der Waals surface area contributed by atoms with Gasteiger partial charge in [0, 0.05) is 17.6 Å². The molecule has 0 atom stereocenters. The van der Waals surface area contributed by atoms with Crippen molar-refractivity contribution in [3.8, 4) is 0 Å². The maximum atomic E-state index is 12.3. The van der Waals surface area contributed by atoms with Crippen LogP contribution < -0.4 is 0 Å². The van der Waals surface area contributed by atoms with Crippen molar-refractivity contribution in [3.63, 3.8) is 0 Å². The Balaban J connectivity index is 3.09. The fraction of sp³-hybridized carbons (Fsp3) is 0.429. The lowest BCUT2D eigenvalue weighted by Crippen LogP contribution is -2.42. The largest absolute Gasteiger partial charge is 0.478 e. The maximum Gasteiger partial charge on any atom is 0.335 e. The molecule has 1 N–H and O–H groups in total. The van der Waals surface area contributed by atoms with Crippen molar-refractivity contribution in [1.82, 2.24) is 4.90 Å². The summed E-state index contributed by atoms with van der Waals surface area (Å²) in [6.07, 6.45) is 0. The van der Waals surface area contributed by atoms with Crippen LogP contribution in [0.2, 0.25) is 0 Å². The second-order valence-electron chi connectivity index (χ2n) is 4.79. The lowest BCUT2D eigenvalue weighted by molar-refractivity contribution is 0.0643. The third-order valence-electron chi connectivity index (χ3n) is 2.70. The molecule has 1 aromatic carbocycles. The molecular weight excluding hydrogens is 230 g/mol. The number of amides is 1. The van der Waals surface area contributed by atoms with Crippen LogP contribution in [-0.4, -0.2) is 34.0 Å². The average Bonchev–Trinajstić information content (AvgIpc) is 2.28. The fourth-order valence-corrected chi connectivity index (χ4v) is 2.00. The topological polar surface area (TPSA) is 57.6 Å². The molecule has 4 nitrogen and oxygen atoms in total. The van der Waals surface area contributed by atoms with Gasteiger partial charge in [-0.25, -0.2) is 4.79 Å². The van der Waals surface area contributed by atoms with E-state index >= 15 is 0 Å². The molecule has 0 heterocycles. The van der Waals surface area contributed by atoms with Gasteiger partial charge in [0.1, 0.15) is 0 Å². The number of carbonyl (C=O) groups is 2. The fourth-order valence-electron chi connectivity index (χ4n) is 2.00. The Hall–Kier alpha value is -1.84. The van der Waals surface area contributed by atoms with Gasteiger partial charge in [0.2, 0.25) is 0 Å². The van der Waals surface area contributed by atoms with E-state index in [1.807, 2.05) is 27.7 Å². The predicted molar refractivity (Wildman–Crippen MR) is 69.8 cm³/mol. The highest BCUT2D eigenvalue weighted by Gasteiger charge is 2.22. The SMILES string of the molecule is CC(C)N(C(=O)c1cccc(C(=O)O)c1)C(C)C. The highest BCUT2D eigenvalue weighted by Crippen LogP contribution is 2.13. The van der Waals surface area contributed by atoms with Crippen molar-refractivity contribution >= 4 is 11.9 Å². The van der Waals surface area contributed by atoms with Crippen LogP contribution in [0.4, 0.5) is 0 Å². The van der Waals surface area contributed by atoms with Crippen molar-refractivity contribution in [3.05, 3.63) is 35.4 Å². The molecule has 0 aliphatic rings. The molecule has 0 saturated heterocycles. The highest BCUT2D eigenvalue weighted by molar-refractivity contribution is 5.97. The Morgan fingerprint density at radius 2 is 1.56 bits per heavy atom. The van der Waals surface area contributed by atoms with Crippen molar-refractivity contribution in [2.24, 2.45) is 0 Å². The van der Waals surface area contributed by atoms with Crippen molar-refractivity contribution in [2.75, 3.05) is 0 Å². The number of hydrogen-bond donors (Lipinski definition) is 1. The number of rotatable bonds is 4. The van der Waals surface area contributed by atoms with Crippen molar-refractivity contribution < 1.29 is 14.7 Å². The Bertz CT molecular complexity index is 444. The standard InChI is InChI=1S/C14H19NO3/c1-9(2)15(10(3)4)13(16)11-6-5-7-12(8-11)14(17)18/h5-10H,1-4H3,(H,17,18). The van der Waals surface area contributed by atoms with E-state index in [0.717, 1.165) is 0 Å². The molecule has 0 spiro atoms. The number of carbonyl (C=O) groups excluding carboxylic acids is 1. The van der Waals surface area contributed by atoms with E-state index in [2.05, 4.69) is 0 Å². The predicted octanol–water partition coefficient (Wildman–Crippen LogP) is 2.64. The summed E-state index contributed by atoms with van der Waals surface area (Å²) >= 11 is 0. The summed E-state index contributed by atoms with van der Waals surface area (Å²) in [5.74, 6) is -1.16. The van der Waals surface area contributed by atoms with Gasteiger partial charge in [-0.15, -0.1) is 0 Å². The van der Waals surface area contributed by atoms with E-state index in [-0.39, 0.29) is 23.6 Å². The van der Waals surface area contributed by atoms with Gasteiger partial charge in [0.05, 0.1) is 5.56 Å². The summed E-state index contributed by atoms with van der Waals surface area (Å²) in [4.78, 5) is 25.0. The molecule has 1 rings (SSSR count). The van der Waals surface area contributed by atoms with Crippen LogP contribution in [0.3, 0.4) is 0 Å². The van der Waals surface area contributed by atoms with Gasteiger partial charge < -0.3 is 10.0 Å². The zero-order chi connectivity index (χ0) is 13.9. The smallest absolute Gasteiger partial charge is 0.335 e. The van der Waals surface area contributed by atoms with Crippen molar-refractivity contribution in [2.45, 2.75) is 39.8 Å². The zero-order valence-electron chi connectivity index (χ0n) is 11.2. The molecule has 0 aliphatic heterocycles. The third kappa shape index (κ3) is 3.09. The van der Waals surface area contributed by atoms with Gasteiger partial charge in [-0.3, -0.25) is 4.79 Å². The van der Waals surface area contributed by atoms with Gasteiger partial charge in [0.25, 0.3) is 5.91 Å². The van der Waals surface area contributed by atoms with Crippen LogP contribution in [0, 0.1) is 0 Å². The number of aromatic carboxylic acids is 1. The van der Waals surface area contributed by atoms with Crippen LogP contribution in [-0.2, 0) is 0 Å². The average molecular weight is 249 g/mol. The second-order valence-corrected chi connectivity index (χ2v) is 4.79. The molecule has 98 valence electrons. The van der Waals surface area contributed by atoms with Gasteiger partial charge in [-0.05, 0) is 45.9 Å². The van der Waals surface area contributed by atoms with E-state index in [1.165, 1.54) is 12.1 Å². The molecule has 0 aromatic heterocycles. The Labute approximate surface area is 107 Å². The molecule has 0 fully saturated rings. The lowest BCUT2D eigenvalue weighted by atomic mass is 10.1. The minimum absolute atomic E-state index is 0.0750. The van der Waals surface area contributed by atoms with Crippen LogP contribution in [0.25, 0.3) is 0 Å². The first-order valence-corrected chi connectivity index (χ1v) is 6.00. The number of carboxylic acid groups (broad SMARTS) is 1. The molecule has 18 heavy (non-hydrogen) atoms. The molecule has 0 radical (unpaired) electrons. The van der Waals surface area contributed by atoms with E-state index in [0.29, 0.717) is 5.56 Å². The number of nitrogens with zero attached hydrogens (tertiary/aromatic N) is 1. The lowest BCUT2D eigenvalue weighted by Gasteiger charge is -2.30. The number of benzene rings is 1. The third-order valence-corrected chi connectivity index (χ3v) is 2.70. The first-order chi connectivity index (χ1) is 8.34. The van der Waals surface area contributed by atoms with E-state index in [4.69, 9.17) is 5.11 Å². The Kier molecular flexibility index (Phi) is 4.48. The minimum atomic E-state index is -1.02. The Morgan fingerprint density at radius 3 is 2.00 bits per heavy atom. The van der Waals surface area contributed by atoms with Crippen LogP contribution in [0.5, 0.6) is 0 Å². The maximum absolute atomic E-state index is 12.3. The van der Waals surface area contributed by atoms with Crippen molar-refractivity contribution in [1.29, 1.82) is 0 Å². The van der Waals surface area contributed by atoms with Crippen LogP contribution >= 0.6 is 0 Å². The second kappa shape index (κ2) is 5.67. The Morgan fingerprint density at radius 1 is 1.06 bits per heavy atom. The monoisotopic (exact) mass is 249 g/mol. The van der Waals surface area contributed by atoms with E-state index in [1.54, 1.807) is 17.0 Å². The summed E-state index contributed by atoms with van der Waals surface area (Å²) in [5, 5.41) is 8.92. The summed E-state index contributed by atoms with van der Waals surface area (Å²) < 4.78 is 0. The summed E-state index contributed by atoms with van der Waals surface area (Å²) in [6.45, 7) is 7.77. The normalized spacial score (nSPS) is 10.8. The molecule has 4 heteroatoms. The molecule has 1 amide bonds. The summed E-state index contributed by atoms with van der Waals surface area (Å²) in [5.41, 5.74) is 0.547. The number of carboxylic acids is 1. The minimum Gasteiger partial charge on any atom is -0.478 e. The summed E-state index contributed by atoms with van der Waals surface area (Å²) in [6, 6.07) is 6.29. The molecule has 0 unspecified atom stereocenters. The molecule has 1 aromatic rings. The molecular formula is C14H19NO3. The van der Waals surface area contributed by atoms with Crippen LogP contribution in [0.15, 0.2) is 24.3 Å². The van der Waals surface area contributed by atoms with E-state index < -0.39 is 5.97 Å². The van der Waals surface area contributed by atoms with Gasteiger partial charge >= 0.3 is 5.97 Å². The molecule has 0 bridgehead atoms. The molecule has 0 aliphatic carbocycles. The van der Waals surface area contributed by atoms with Gasteiger partial charge in [-0.1, -0.05) is 6.07 Å². The van der Waals surface area contributed by atoms with Crippen LogP contribution in [0.1, 0.15) is 48.4 Å². The van der Waals surface area contributed by atoms with Gasteiger partial charge in [0.15, 0.2) is 0 Å².